The largest absolute Gasteiger partial charge is 0.395 e. The van der Waals surface area contributed by atoms with Crippen molar-refractivity contribution >= 4 is 0 Å². The Bertz CT molecular complexity index is 154. The lowest BCUT2D eigenvalue weighted by molar-refractivity contribution is -0.185. The number of ether oxygens (including phenoxy) is 2. The molecule has 84 valence electrons. The lowest BCUT2D eigenvalue weighted by atomic mass is 10.0. The lowest BCUT2D eigenvalue weighted by Gasteiger charge is -2.33. The van der Waals surface area contributed by atoms with Gasteiger partial charge in [0, 0.05) is 19.7 Å². The van der Waals surface area contributed by atoms with E-state index in [1.807, 2.05) is 0 Å². The molecular weight excluding hydrogens is 182 g/mol. The highest BCUT2D eigenvalue weighted by molar-refractivity contribution is 4.76. The van der Waals surface area contributed by atoms with E-state index < -0.39 is 0 Å². The fraction of sp³-hybridized carbons (Fsp3) is 1.00. The molecule has 1 heterocycles. The summed E-state index contributed by atoms with van der Waals surface area (Å²) in [6, 6.07) is 0.278. The van der Waals surface area contributed by atoms with Gasteiger partial charge in [0.1, 0.15) is 0 Å². The van der Waals surface area contributed by atoms with E-state index in [9.17, 15) is 0 Å². The minimum Gasteiger partial charge on any atom is -0.395 e. The van der Waals surface area contributed by atoms with E-state index in [2.05, 4.69) is 12.2 Å². The highest BCUT2D eigenvalue weighted by Crippen LogP contribution is 2.21. The molecule has 1 aliphatic heterocycles. The van der Waals surface area contributed by atoms with Crippen LogP contribution in [0.1, 0.15) is 26.2 Å². The summed E-state index contributed by atoms with van der Waals surface area (Å²) in [6.07, 6.45) is 3.36. The van der Waals surface area contributed by atoms with Gasteiger partial charge in [0.05, 0.1) is 12.7 Å². The van der Waals surface area contributed by atoms with Gasteiger partial charge in [-0.15, -0.1) is 0 Å². The molecule has 0 amide bonds. The lowest BCUT2D eigenvalue weighted by Crippen LogP contribution is -2.44. The van der Waals surface area contributed by atoms with Crippen LogP contribution in [0.25, 0.3) is 0 Å². The molecule has 1 fully saturated rings. The van der Waals surface area contributed by atoms with Crippen molar-refractivity contribution in [3.63, 3.8) is 0 Å². The predicted octanol–water partition coefficient (Wildman–Crippen LogP) is 0.498. The smallest absolute Gasteiger partial charge is 0.157 e. The molecule has 4 nitrogen and oxygen atoms in total. The highest BCUT2D eigenvalue weighted by Gasteiger charge is 2.25. The molecule has 1 aliphatic rings. The maximum absolute atomic E-state index is 8.68. The van der Waals surface area contributed by atoms with Gasteiger partial charge in [-0.2, -0.15) is 0 Å². The van der Waals surface area contributed by atoms with E-state index in [1.54, 1.807) is 7.11 Å². The number of aliphatic hydroxyl groups excluding tert-OH is 1. The van der Waals surface area contributed by atoms with E-state index in [1.165, 1.54) is 0 Å². The van der Waals surface area contributed by atoms with E-state index in [4.69, 9.17) is 14.6 Å². The second-order valence-corrected chi connectivity index (χ2v) is 3.74. The number of nitrogens with one attached hydrogen (secondary N) is 1. The van der Waals surface area contributed by atoms with Gasteiger partial charge in [-0.1, -0.05) is 0 Å². The third-order valence-electron chi connectivity index (χ3n) is 2.65. The third kappa shape index (κ3) is 3.53. The van der Waals surface area contributed by atoms with Crippen LogP contribution in [0, 0.1) is 0 Å². The molecular formula is C10H21NO3. The Kier molecular flexibility index (Phi) is 5.40. The van der Waals surface area contributed by atoms with Crippen LogP contribution in [-0.4, -0.2) is 43.8 Å². The molecule has 0 saturated carbocycles. The summed E-state index contributed by atoms with van der Waals surface area (Å²) >= 11 is 0. The molecule has 1 saturated heterocycles. The SMILES string of the molecule is CO[C@@H]1CCCC(C(C)NCCO)O1. The summed E-state index contributed by atoms with van der Waals surface area (Å²) in [7, 11) is 1.68. The van der Waals surface area contributed by atoms with Gasteiger partial charge in [0.15, 0.2) is 6.29 Å². The molecule has 2 N–H and O–H groups in total. The fourth-order valence-electron chi connectivity index (χ4n) is 1.78. The van der Waals surface area contributed by atoms with Crippen LogP contribution in [0.4, 0.5) is 0 Å². The van der Waals surface area contributed by atoms with Crippen molar-refractivity contribution in [2.75, 3.05) is 20.3 Å². The summed E-state index contributed by atoms with van der Waals surface area (Å²) in [5, 5.41) is 11.9. The number of hydrogen-bond acceptors (Lipinski definition) is 4. The van der Waals surface area contributed by atoms with Gasteiger partial charge in [0.25, 0.3) is 0 Å². The molecule has 0 aromatic carbocycles. The average molecular weight is 203 g/mol. The van der Waals surface area contributed by atoms with Crippen LogP contribution >= 0.6 is 0 Å². The maximum Gasteiger partial charge on any atom is 0.157 e. The van der Waals surface area contributed by atoms with Crippen molar-refractivity contribution in [2.24, 2.45) is 0 Å². The molecule has 0 bridgehead atoms. The second kappa shape index (κ2) is 6.35. The Morgan fingerprint density at radius 3 is 3.00 bits per heavy atom. The topological polar surface area (TPSA) is 50.7 Å². The van der Waals surface area contributed by atoms with E-state index in [0.717, 1.165) is 19.3 Å². The van der Waals surface area contributed by atoms with Crippen molar-refractivity contribution in [2.45, 2.75) is 44.6 Å². The first-order chi connectivity index (χ1) is 6.77. The summed E-state index contributed by atoms with van der Waals surface area (Å²) < 4.78 is 10.9. The Morgan fingerprint density at radius 1 is 1.57 bits per heavy atom. The Labute approximate surface area is 85.6 Å². The van der Waals surface area contributed by atoms with Gasteiger partial charge in [-0.25, -0.2) is 0 Å². The molecule has 4 heteroatoms. The van der Waals surface area contributed by atoms with Crippen molar-refractivity contribution in [1.29, 1.82) is 0 Å². The summed E-state index contributed by atoms with van der Waals surface area (Å²) in [6.45, 7) is 2.88. The minimum atomic E-state index is -0.0490. The minimum absolute atomic E-state index is 0.0490. The van der Waals surface area contributed by atoms with Crippen LogP contribution in [0.5, 0.6) is 0 Å². The highest BCUT2D eigenvalue weighted by atomic mass is 16.7. The van der Waals surface area contributed by atoms with Crippen LogP contribution in [0.2, 0.25) is 0 Å². The monoisotopic (exact) mass is 203 g/mol. The molecule has 1 rings (SSSR count). The average Bonchev–Trinajstić information content (AvgIpc) is 2.26. The summed E-state index contributed by atoms with van der Waals surface area (Å²) in [5.41, 5.74) is 0. The van der Waals surface area contributed by atoms with Crippen LogP contribution in [0.15, 0.2) is 0 Å². The zero-order valence-corrected chi connectivity index (χ0v) is 9.03. The number of hydrogen-bond donors (Lipinski definition) is 2. The van der Waals surface area contributed by atoms with Gasteiger partial charge in [0.2, 0.25) is 0 Å². The number of rotatable bonds is 5. The fourth-order valence-corrected chi connectivity index (χ4v) is 1.78. The van der Waals surface area contributed by atoms with E-state index >= 15 is 0 Å². The molecule has 0 aromatic heterocycles. The zero-order valence-electron chi connectivity index (χ0n) is 9.03. The van der Waals surface area contributed by atoms with Crippen molar-refractivity contribution in [3.05, 3.63) is 0 Å². The molecule has 0 spiro atoms. The standard InChI is InChI=1S/C10H21NO3/c1-8(11-6-7-12)9-4-3-5-10(13-2)14-9/h8-12H,3-7H2,1-2H3/t8?,9?,10-/m0/s1. The Hall–Kier alpha value is -0.160. The second-order valence-electron chi connectivity index (χ2n) is 3.74. The van der Waals surface area contributed by atoms with Crippen molar-refractivity contribution in [3.8, 4) is 0 Å². The van der Waals surface area contributed by atoms with Gasteiger partial charge < -0.3 is 19.9 Å². The molecule has 14 heavy (non-hydrogen) atoms. The van der Waals surface area contributed by atoms with E-state index in [-0.39, 0.29) is 25.0 Å². The molecule has 0 radical (unpaired) electrons. The quantitative estimate of drug-likeness (QED) is 0.683. The van der Waals surface area contributed by atoms with Gasteiger partial charge in [-0.05, 0) is 26.2 Å². The van der Waals surface area contributed by atoms with Crippen LogP contribution in [-0.2, 0) is 9.47 Å². The molecule has 0 aromatic rings. The molecule has 3 atom stereocenters. The summed E-state index contributed by atoms with van der Waals surface area (Å²) in [4.78, 5) is 0. The maximum atomic E-state index is 8.68. The van der Waals surface area contributed by atoms with Gasteiger partial charge >= 0.3 is 0 Å². The first kappa shape index (κ1) is 11.9. The zero-order chi connectivity index (χ0) is 10.4. The van der Waals surface area contributed by atoms with Crippen LogP contribution < -0.4 is 5.32 Å². The summed E-state index contributed by atoms with van der Waals surface area (Å²) in [5.74, 6) is 0. The molecule has 2 unspecified atom stereocenters. The predicted molar refractivity (Wildman–Crippen MR) is 54.1 cm³/mol. The Balaban J connectivity index is 2.27. The van der Waals surface area contributed by atoms with Crippen molar-refractivity contribution in [1.82, 2.24) is 5.32 Å². The van der Waals surface area contributed by atoms with Crippen molar-refractivity contribution < 1.29 is 14.6 Å². The normalized spacial score (nSPS) is 30.2. The first-order valence-electron chi connectivity index (χ1n) is 5.30. The third-order valence-corrected chi connectivity index (χ3v) is 2.65. The Morgan fingerprint density at radius 2 is 2.36 bits per heavy atom. The van der Waals surface area contributed by atoms with Crippen LogP contribution in [0.3, 0.4) is 0 Å². The molecule has 0 aliphatic carbocycles. The van der Waals surface area contributed by atoms with Gasteiger partial charge in [-0.3, -0.25) is 0 Å². The van der Waals surface area contributed by atoms with E-state index in [0.29, 0.717) is 6.54 Å². The number of aliphatic hydroxyl groups is 1. The number of methoxy groups -OCH3 is 1. The first-order valence-corrected chi connectivity index (χ1v) is 5.30.